The molecule has 88 valence electrons. The Morgan fingerprint density at radius 2 is 2.12 bits per heavy atom. The number of hydrogen-bond acceptors (Lipinski definition) is 2. The van der Waals surface area contributed by atoms with E-state index in [-0.39, 0.29) is 6.04 Å². The average Bonchev–Trinajstić information content (AvgIpc) is 2.30. The summed E-state index contributed by atoms with van der Waals surface area (Å²) in [6.45, 7) is 1.93. The first kappa shape index (κ1) is 12.1. The van der Waals surface area contributed by atoms with Gasteiger partial charge in [-0.05, 0) is 42.2 Å². The van der Waals surface area contributed by atoms with Crippen LogP contribution in [0.3, 0.4) is 0 Å². The van der Waals surface area contributed by atoms with E-state index in [9.17, 15) is 0 Å². The maximum Gasteiger partial charge on any atom is 0.0456 e. The van der Waals surface area contributed by atoms with E-state index in [0.717, 1.165) is 17.0 Å². The number of rotatable bonds is 3. The quantitative estimate of drug-likeness (QED) is 0.902. The van der Waals surface area contributed by atoms with Crippen LogP contribution in [0.4, 0.5) is 0 Å². The summed E-state index contributed by atoms with van der Waals surface area (Å²) in [7, 11) is 0. The van der Waals surface area contributed by atoms with Gasteiger partial charge in [0.1, 0.15) is 0 Å². The van der Waals surface area contributed by atoms with Gasteiger partial charge in [-0.2, -0.15) is 0 Å². The standard InChI is InChI=1S/C14H15ClN2/c1-10(16)13-5-4-11(8-14(13)15)7-12-3-2-6-17-9-12/h2-6,8-10H,7,16H2,1H3. The van der Waals surface area contributed by atoms with Crippen molar-refractivity contribution in [2.45, 2.75) is 19.4 Å². The highest BCUT2D eigenvalue weighted by Crippen LogP contribution is 2.23. The Hall–Kier alpha value is -1.38. The van der Waals surface area contributed by atoms with Gasteiger partial charge in [0.25, 0.3) is 0 Å². The fourth-order valence-corrected chi connectivity index (χ4v) is 2.16. The number of benzene rings is 1. The van der Waals surface area contributed by atoms with Crippen molar-refractivity contribution in [2.24, 2.45) is 5.73 Å². The zero-order valence-corrected chi connectivity index (χ0v) is 10.5. The summed E-state index contributed by atoms with van der Waals surface area (Å²) in [5.74, 6) is 0. The van der Waals surface area contributed by atoms with Crippen molar-refractivity contribution in [3.05, 3.63) is 64.4 Å². The average molecular weight is 247 g/mol. The van der Waals surface area contributed by atoms with Crippen LogP contribution in [0.25, 0.3) is 0 Å². The Labute approximate surface area is 106 Å². The molecule has 2 nitrogen and oxygen atoms in total. The van der Waals surface area contributed by atoms with Gasteiger partial charge in [0.15, 0.2) is 0 Å². The highest BCUT2D eigenvalue weighted by Gasteiger charge is 2.06. The molecule has 3 heteroatoms. The lowest BCUT2D eigenvalue weighted by Gasteiger charge is -2.10. The molecule has 0 radical (unpaired) electrons. The topological polar surface area (TPSA) is 38.9 Å². The molecule has 0 saturated carbocycles. The molecule has 1 unspecified atom stereocenters. The summed E-state index contributed by atoms with van der Waals surface area (Å²) in [4.78, 5) is 4.10. The normalized spacial score (nSPS) is 12.4. The van der Waals surface area contributed by atoms with E-state index in [1.807, 2.05) is 31.3 Å². The first-order valence-corrected chi connectivity index (χ1v) is 5.97. The molecule has 0 amide bonds. The van der Waals surface area contributed by atoms with Crippen molar-refractivity contribution in [1.29, 1.82) is 0 Å². The Morgan fingerprint density at radius 1 is 1.29 bits per heavy atom. The molecule has 1 heterocycles. The fourth-order valence-electron chi connectivity index (χ4n) is 1.79. The molecule has 0 aliphatic carbocycles. The van der Waals surface area contributed by atoms with E-state index in [4.69, 9.17) is 17.3 Å². The van der Waals surface area contributed by atoms with Crippen molar-refractivity contribution in [2.75, 3.05) is 0 Å². The number of aromatic nitrogens is 1. The minimum absolute atomic E-state index is 0.0325. The summed E-state index contributed by atoms with van der Waals surface area (Å²) >= 11 is 6.19. The summed E-state index contributed by atoms with van der Waals surface area (Å²) in [5.41, 5.74) is 9.16. The molecule has 2 N–H and O–H groups in total. The highest BCUT2D eigenvalue weighted by molar-refractivity contribution is 6.31. The summed E-state index contributed by atoms with van der Waals surface area (Å²) in [6, 6.07) is 10.0. The number of nitrogens with zero attached hydrogens (tertiary/aromatic N) is 1. The van der Waals surface area contributed by atoms with Crippen molar-refractivity contribution in [3.63, 3.8) is 0 Å². The van der Waals surface area contributed by atoms with Crippen LogP contribution in [0, 0.1) is 0 Å². The third-order valence-electron chi connectivity index (χ3n) is 2.69. The van der Waals surface area contributed by atoms with Gasteiger partial charge >= 0.3 is 0 Å². The van der Waals surface area contributed by atoms with Crippen LogP contribution in [0.1, 0.15) is 29.7 Å². The molecule has 2 aromatic rings. The maximum atomic E-state index is 6.19. The molecule has 0 spiro atoms. The summed E-state index contributed by atoms with van der Waals surface area (Å²) in [6.07, 6.45) is 4.48. The van der Waals surface area contributed by atoms with Crippen molar-refractivity contribution >= 4 is 11.6 Å². The van der Waals surface area contributed by atoms with E-state index in [0.29, 0.717) is 0 Å². The third kappa shape index (κ3) is 3.05. The monoisotopic (exact) mass is 246 g/mol. The van der Waals surface area contributed by atoms with Crippen LogP contribution in [0.15, 0.2) is 42.7 Å². The number of pyridine rings is 1. The molecule has 0 aliphatic heterocycles. The van der Waals surface area contributed by atoms with Gasteiger partial charge in [0.05, 0.1) is 0 Å². The predicted molar refractivity (Wildman–Crippen MR) is 71.1 cm³/mol. The second kappa shape index (κ2) is 5.30. The lowest BCUT2D eigenvalue weighted by atomic mass is 10.0. The molecular weight excluding hydrogens is 232 g/mol. The molecule has 0 aliphatic rings. The van der Waals surface area contributed by atoms with Crippen LogP contribution in [0.5, 0.6) is 0 Å². The smallest absolute Gasteiger partial charge is 0.0456 e. The van der Waals surface area contributed by atoms with Gasteiger partial charge in [0, 0.05) is 23.5 Å². The van der Waals surface area contributed by atoms with Gasteiger partial charge in [-0.25, -0.2) is 0 Å². The second-order valence-electron chi connectivity index (χ2n) is 4.18. The van der Waals surface area contributed by atoms with Crippen LogP contribution in [-0.4, -0.2) is 4.98 Å². The Kier molecular flexibility index (Phi) is 3.77. The van der Waals surface area contributed by atoms with E-state index < -0.39 is 0 Å². The van der Waals surface area contributed by atoms with Gasteiger partial charge in [-0.3, -0.25) is 4.98 Å². The summed E-state index contributed by atoms with van der Waals surface area (Å²) in [5, 5.41) is 0.737. The van der Waals surface area contributed by atoms with Crippen LogP contribution >= 0.6 is 11.6 Å². The van der Waals surface area contributed by atoms with Crippen molar-refractivity contribution in [1.82, 2.24) is 4.98 Å². The highest BCUT2D eigenvalue weighted by atomic mass is 35.5. The third-order valence-corrected chi connectivity index (χ3v) is 3.01. The molecule has 0 saturated heterocycles. The fraction of sp³-hybridized carbons (Fsp3) is 0.214. The Balaban J connectivity index is 2.21. The molecule has 1 aromatic carbocycles. The van der Waals surface area contributed by atoms with E-state index >= 15 is 0 Å². The molecular formula is C14H15ClN2. The summed E-state index contributed by atoms with van der Waals surface area (Å²) < 4.78 is 0. The molecule has 17 heavy (non-hydrogen) atoms. The molecule has 0 bridgehead atoms. The molecule has 2 rings (SSSR count). The van der Waals surface area contributed by atoms with E-state index in [1.54, 1.807) is 6.20 Å². The number of hydrogen-bond donors (Lipinski definition) is 1. The zero-order valence-electron chi connectivity index (χ0n) is 9.73. The van der Waals surface area contributed by atoms with Crippen LogP contribution in [-0.2, 0) is 6.42 Å². The zero-order chi connectivity index (χ0) is 12.3. The first-order valence-electron chi connectivity index (χ1n) is 5.59. The lowest BCUT2D eigenvalue weighted by Crippen LogP contribution is -2.05. The lowest BCUT2D eigenvalue weighted by molar-refractivity contribution is 0.817. The van der Waals surface area contributed by atoms with Crippen molar-refractivity contribution < 1.29 is 0 Å². The number of nitrogens with two attached hydrogens (primary N) is 1. The Bertz CT molecular complexity index is 495. The van der Waals surface area contributed by atoms with E-state index in [2.05, 4.69) is 17.1 Å². The second-order valence-corrected chi connectivity index (χ2v) is 4.59. The maximum absolute atomic E-state index is 6.19. The predicted octanol–water partition coefficient (Wildman–Crippen LogP) is 3.35. The van der Waals surface area contributed by atoms with Gasteiger partial charge in [-0.15, -0.1) is 0 Å². The largest absolute Gasteiger partial charge is 0.324 e. The van der Waals surface area contributed by atoms with E-state index in [1.165, 1.54) is 11.1 Å². The van der Waals surface area contributed by atoms with Crippen LogP contribution in [0.2, 0.25) is 5.02 Å². The minimum Gasteiger partial charge on any atom is -0.324 e. The van der Waals surface area contributed by atoms with Crippen molar-refractivity contribution in [3.8, 4) is 0 Å². The van der Waals surface area contributed by atoms with Gasteiger partial charge in [-0.1, -0.05) is 29.8 Å². The molecule has 1 aromatic heterocycles. The number of halogens is 1. The molecule has 0 fully saturated rings. The minimum atomic E-state index is -0.0325. The van der Waals surface area contributed by atoms with Crippen LogP contribution < -0.4 is 5.73 Å². The first-order chi connectivity index (χ1) is 8.16. The Morgan fingerprint density at radius 3 is 2.71 bits per heavy atom. The SMILES string of the molecule is CC(N)c1ccc(Cc2cccnc2)cc1Cl. The van der Waals surface area contributed by atoms with Gasteiger partial charge in [0.2, 0.25) is 0 Å². The molecule has 1 atom stereocenters. The van der Waals surface area contributed by atoms with Gasteiger partial charge < -0.3 is 5.73 Å².